The zero-order valence-electron chi connectivity index (χ0n) is 27.0. The molecule has 0 atom stereocenters. The average molecular weight is 464 g/mol. The lowest BCUT2D eigenvalue weighted by atomic mass is 9.75. The van der Waals surface area contributed by atoms with E-state index in [1.165, 1.54) is 20.8 Å². The Kier molecular flexibility index (Phi) is 4.02. The van der Waals surface area contributed by atoms with E-state index in [0.29, 0.717) is 6.07 Å². The molecule has 0 radical (unpaired) electrons. The van der Waals surface area contributed by atoms with Crippen LogP contribution in [0.5, 0.6) is 0 Å². The molecule has 2 fully saturated rings. The molecular formula is C22H32BF3N2O4. The fraction of sp³-hybridized carbons (Fsp3) is 0.682. The van der Waals surface area contributed by atoms with E-state index < -0.39 is 78.9 Å². The number of amides is 1. The van der Waals surface area contributed by atoms with Crippen molar-refractivity contribution in [3.05, 3.63) is 23.8 Å². The van der Waals surface area contributed by atoms with E-state index in [1.54, 1.807) is 27.7 Å². The number of anilines is 1. The van der Waals surface area contributed by atoms with Crippen molar-refractivity contribution >= 4 is 24.4 Å². The van der Waals surface area contributed by atoms with Gasteiger partial charge in [-0.25, -0.2) is 4.79 Å². The molecule has 0 aromatic heterocycles. The van der Waals surface area contributed by atoms with Crippen molar-refractivity contribution in [1.82, 2.24) is 4.90 Å². The quantitative estimate of drug-likeness (QED) is 0.618. The fourth-order valence-corrected chi connectivity index (χ4v) is 2.89. The lowest BCUT2D eigenvalue weighted by Crippen LogP contribution is -2.50. The summed E-state index contributed by atoms with van der Waals surface area (Å²) in [5, 5.41) is 0. The zero-order chi connectivity index (χ0) is 31.3. The Morgan fingerprint density at radius 2 is 1.59 bits per heavy atom. The van der Waals surface area contributed by atoms with Crippen LogP contribution in [0.15, 0.2) is 18.2 Å². The van der Waals surface area contributed by atoms with E-state index in [9.17, 15) is 18.0 Å². The predicted octanol–water partition coefficient (Wildman–Crippen LogP) is 4.06. The first-order valence-corrected chi connectivity index (χ1v) is 9.93. The standard InChI is InChI=1S/C22H32BF3N2O4/c1-19(2,3)30-18(29)28-12-10-27(11-13-28)15-8-9-17(16(14-15)22(24,25)26)23-31-20(4,5)21(6,7)32-23/h8-9,14H,10-13H2,1-7H3/i10D2,11D2,12D2,13D2. The minimum atomic E-state index is -5.08. The number of halogens is 3. The molecule has 2 aliphatic rings. The Morgan fingerprint density at radius 3 is 2.06 bits per heavy atom. The van der Waals surface area contributed by atoms with Crippen molar-refractivity contribution in [3.63, 3.8) is 0 Å². The number of ether oxygens (including phenoxy) is 1. The van der Waals surface area contributed by atoms with E-state index in [-0.39, 0.29) is 9.80 Å². The van der Waals surface area contributed by atoms with E-state index in [2.05, 4.69) is 0 Å². The molecule has 0 N–H and O–H groups in total. The minimum absolute atomic E-state index is 0.0654. The van der Waals surface area contributed by atoms with Crippen molar-refractivity contribution in [1.29, 1.82) is 0 Å². The van der Waals surface area contributed by atoms with Crippen LogP contribution in [0.2, 0.25) is 0 Å². The van der Waals surface area contributed by atoms with Gasteiger partial charge in [0.25, 0.3) is 0 Å². The molecular weight excluding hydrogens is 424 g/mol. The third-order valence-electron chi connectivity index (χ3n) is 5.23. The molecule has 0 unspecified atom stereocenters. The third kappa shape index (κ3) is 5.17. The lowest BCUT2D eigenvalue weighted by molar-refractivity contribution is -0.136. The SMILES string of the molecule is [2H]C1([2H])N(C(=O)OC(C)(C)C)C([2H])([2H])C([2H])([2H])N(c2ccc(B3OC(C)(C)C(C)(C)O3)c(C(F)(F)F)c2)C1([2H])[2H]. The molecule has 2 heterocycles. The highest BCUT2D eigenvalue weighted by Crippen LogP contribution is 2.39. The summed E-state index contributed by atoms with van der Waals surface area (Å²) in [6.07, 6.45) is -6.77. The van der Waals surface area contributed by atoms with Gasteiger partial charge in [-0.3, -0.25) is 0 Å². The van der Waals surface area contributed by atoms with Gasteiger partial charge in [-0.05, 0) is 66.1 Å². The predicted molar refractivity (Wildman–Crippen MR) is 117 cm³/mol. The summed E-state index contributed by atoms with van der Waals surface area (Å²) in [5.41, 5.74) is -6.00. The van der Waals surface area contributed by atoms with E-state index in [0.717, 1.165) is 12.1 Å². The Labute approximate surface area is 199 Å². The van der Waals surface area contributed by atoms with Gasteiger partial charge in [0.15, 0.2) is 0 Å². The van der Waals surface area contributed by atoms with Gasteiger partial charge < -0.3 is 23.8 Å². The maximum absolute atomic E-state index is 14.3. The van der Waals surface area contributed by atoms with Crippen LogP contribution in [0.4, 0.5) is 23.7 Å². The van der Waals surface area contributed by atoms with Crippen LogP contribution in [0, 0.1) is 0 Å². The number of piperazine rings is 1. The molecule has 2 saturated heterocycles. The fourth-order valence-electron chi connectivity index (χ4n) is 2.89. The first kappa shape index (κ1) is 15.8. The molecule has 1 aromatic rings. The van der Waals surface area contributed by atoms with Gasteiger partial charge in [0.2, 0.25) is 0 Å². The topological polar surface area (TPSA) is 51.2 Å². The molecule has 0 spiro atoms. The number of carbonyl (C=O) groups is 1. The van der Waals surface area contributed by atoms with Crippen molar-refractivity contribution in [3.8, 4) is 0 Å². The average Bonchev–Trinajstić information content (AvgIpc) is 2.91. The molecule has 10 heteroatoms. The minimum Gasteiger partial charge on any atom is -0.444 e. The van der Waals surface area contributed by atoms with Crippen LogP contribution in [-0.2, 0) is 20.2 Å². The van der Waals surface area contributed by atoms with Crippen LogP contribution in [-0.4, -0.2) is 60.9 Å². The summed E-state index contributed by atoms with van der Waals surface area (Å²) in [6, 6.07) is 2.16. The first-order chi connectivity index (χ1) is 17.5. The molecule has 0 bridgehead atoms. The Bertz CT molecular complexity index is 1150. The summed E-state index contributed by atoms with van der Waals surface area (Å²) >= 11 is 0. The van der Waals surface area contributed by atoms with E-state index in [1.807, 2.05) is 0 Å². The summed E-state index contributed by atoms with van der Waals surface area (Å²) < 4.78 is 127. The van der Waals surface area contributed by atoms with Crippen LogP contribution in [0.3, 0.4) is 0 Å². The smallest absolute Gasteiger partial charge is 0.444 e. The second-order valence-corrected chi connectivity index (χ2v) is 9.46. The second kappa shape index (κ2) is 8.13. The highest BCUT2D eigenvalue weighted by atomic mass is 19.4. The molecule has 178 valence electrons. The maximum Gasteiger partial charge on any atom is 0.495 e. The van der Waals surface area contributed by atoms with Gasteiger partial charge >= 0.3 is 19.4 Å². The molecule has 2 aliphatic heterocycles. The van der Waals surface area contributed by atoms with Crippen LogP contribution in [0.25, 0.3) is 0 Å². The molecule has 1 aromatic carbocycles. The third-order valence-corrected chi connectivity index (χ3v) is 5.23. The Balaban J connectivity index is 2.21. The largest absolute Gasteiger partial charge is 0.495 e. The monoisotopic (exact) mass is 464 g/mol. The maximum atomic E-state index is 14.3. The summed E-state index contributed by atoms with van der Waals surface area (Å²) in [7, 11) is -1.49. The van der Waals surface area contributed by atoms with E-state index >= 15 is 0 Å². The van der Waals surface area contributed by atoms with Gasteiger partial charge in [0.05, 0.1) is 27.7 Å². The highest BCUT2D eigenvalue weighted by molar-refractivity contribution is 6.62. The molecule has 3 rings (SSSR count). The molecule has 32 heavy (non-hydrogen) atoms. The van der Waals surface area contributed by atoms with Gasteiger partial charge in [0, 0.05) is 31.7 Å². The number of nitrogens with zero attached hydrogens (tertiary/aromatic N) is 2. The van der Waals surface area contributed by atoms with Crippen LogP contribution < -0.4 is 10.4 Å². The first-order valence-electron chi connectivity index (χ1n) is 13.9. The van der Waals surface area contributed by atoms with Gasteiger partial charge in [-0.15, -0.1) is 0 Å². The van der Waals surface area contributed by atoms with Crippen molar-refractivity contribution in [2.75, 3.05) is 30.9 Å². The normalized spacial score (nSPS) is 31.1. The van der Waals surface area contributed by atoms with E-state index in [4.69, 9.17) is 25.0 Å². The highest BCUT2D eigenvalue weighted by Gasteiger charge is 2.53. The Hall–Kier alpha value is -1.94. The number of hydrogen-bond acceptors (Lipinski definition) is 5. The zero-order valence-corrected chi connectivity index (χ0v) is 19.0. The summed E-state index contributed by atoms with van der Waals surface area (Å²) in [5.74, 6) is 0. The molecule has 6 nitrogen and oxygen atoms in total. The van der Waals surface area contributed by atoms with Gasteiger partial charge in [-0.2, -0.15) is 13.2 Å². The van der Waals surface area contributed by atoms with Crippen LogP contribution >= 0.6 is 0 Å². The van der Waals surface area contributed by atoms with Gasteiger partial charge in [-0.1, -0.05) is 6.07 Å². The lowest BCUT2D eigenvalue weighted by Gasteiger charge is -2.37. The van der Waals surface area contributed by atoms with Crippen molar-refractivity contribution in [2.24, 2.45) is 0 Å². The summed E-state index contributed by atoms with van der Waals surface area (Å²) in [6.45, 7) is -3.79. The molecule has 0 saturated carbocycles. The number of alkyl halides is 3. The number of rotatable bonds is 2. The number of hydrogen-bond donors (Lipinski definition) is 0. The van der Waals surface area contributed by atoms with Crippen molar-refractivity contribution < 1.29 is 43.0 Å². The second-order valence-electron chi connectivity index (χ2n) is 9.46. The Morgan fingerprint density at radius 1 is 1.06 bits per heavy atom. The summed E-state index contributed by atoms with van der Waals surface area (Å²) in [4.78, 5) is 12.4. The van der Waals surface area contributed by atoms with Crippen molar-refractivity contribution in [2.45, 2.75) is 71.4 Å². The molecule has 0 aliphatic carbocycles. The van der Waals surface area contributed by atoms with Crippen LogP contribution in [0.1, 0.15) is 65.0 Å². The number of benzene rings is 1. The van der Waals surface area contributed by atoms with Gasteiger partial charge in [0.1, 0.15) is 5.60 Å². The number of carbonyl (C=O) groups excluding carboxylic acids is 1. The molecule has 1 amide bonds.